The number of hydrogen-bond acceptors (Lipinski definition) is 2. The smallest absolute Gasteiger partial charge is 0.121 e. The molecule has 1 aromatic carbocycles. The Balaban J connectivity index is 2.51. The van der Waals surface area contributed by atoms with Gasteiger partial charge in [-0.25, -0.2) is 0 Å². The van der Waals surface area contributed by atoms with Crippen molar-refractivity contribution in [3.05, 3.63) is 29.8 Å². The van der Waals surface area contributed by atoms with Crippen molar-refractivity contribution in [3.8, 4) is 5.75 Å². The van der Waals surface area contributed by atoms with Gasteiger partial charge in [0.2, 0.25) is 0 Å². The summed E-state index contributed by atoms with van der Waals surface area (Å²) in [4.78, 5) is 0. The van der Waals surface area contributed by atoms with Gasteiger partial charge in [-0.3, -0.25) is 0 Å². The molecule has 2 atom stereocenters. The Labute approximate surface area is 98.3 Å². The summed E-state index contributed by atoms with van der Waals surface area (Å²) in [5.74, 6) is 0.827. The van der Waals surface area contributed by atoms with E-state index in [1.807, 2.05) is 19.1 Å². The highest BCUT2D eigenvalue weighted by Gasteiger charge is 2.09. The SMILES string of the molecule is CCCCc1ccc(OC(C)[C@H](C)O)cc1. The fourth-order valence-electron chi connectivity index (χ4n) is 1.43. The van der Waals surface area contributed by atoms with E-state index in [1.54, 1.807) is 6.92 Å². The lowest BCUT2D eigenvalue weighted by Gasteiger charge is -2.17. The molecule has 16 heavy (non-hydrogen) atoms. The standard InChI is InChI=1S/C14H22O2/c1-4-5-6-13-7-9-14(10-8-13)16-12(3)11(2)15/h7-12,15H,4-6H2,1-3H3/t11-,12?/m0/s1. The first-order valence-electron chi connectivity index (χ1n) is 6.07. The van der Waals surface area contributed by atoms with Crippen LogP contribution >= 0.6 is 0 Å². The van der Waals surface area contributed by atoms with E-state index in [0.29, 0.717) is 0 Å². The molecule has 0 saturated carbocycles. The van der Waals surface area contributed by atoms with Gasteiger partial charge in [0.25, 0.3) is 0 Å². The molecule has 0 spiro atoms. The van der Waals surface area contributed by atoms with Gasteiger partial charge in [-0.15, -0.1) is 0 Å². The predicted molar refractivity (Wildman–Crippen MR) is 66.8 cm³/mol. The van der Waals surface area contributed by atoms with E-state index in [0.717, 1.165) is 12.2 Å². The first-order chi connectivity index (χ1) is 7.63. The van der Waals surface area contributed by atoms with E-state index in [4.69, 9.17) is 4.74 Å². The van der Waals surface area contributed by atoms with Crippen molar-refractivity contribution in [1.82, 2.24) is 0 Å². The van der Waals surface area contributed by atoms with E-state index >= 15 is 0 Å². The second-order valence-electron chi connectivity index (χ2n) is 4.31. The molecule has 1 rings (SSSR count). The summed E-state index contributed by atoms with van der Waals surface area (Å²) in [6.07, 6.45) is 2.96. The average molecular weight is 222 g/mol. The summed E-state index contributed by atoms with van der Waals surface area (Å²) < 4.78 is 5.59. The highest BCUT2D eigenvalue weighted by atomic mass is 16.5. The molecule has 0 fully saturated rings. The molecule has 0 heterocycles. The first-order valence-corrected chi connectivity index (χ1v) is 6.07. The molecule has 0 radical (unpaired) electrons. The lowest BCUT2D eigenvalue weighted by molar-refractivity contribution is 0.0604. The van der Waals surface area contributed by atoms with Crippen LogP contribution in [-0.2, 0) is 6.42 Å². The summed E-state index contributed by atoms with van der Waals surface area (Å²) in [6, 6.07) is 8.15. The zero-order valence-corrected chi connectivity index (χ0v) is 10.4. The lowest BCUT2D eigenvalue weighted by Crippen LogP contribution is -2.25. The zero-order valence-electron chi connectivity index (χ0n) is 10.4. The fourth-order valence-corrected chi connectivity index (χ4v) is 1.43. The summed E-state index contributed by atoms with van der Waals surface area (Å²) in [5, 5.41) is 9.33. The Bertz CT molecular complexity index is 290. The highest BCUT2D eigenvalue weighted by molar-refractivity contribution is 5.27. The molecule has 1 N–H and O–H groups in total. The van der Waals surface area contributed by atoms with Gasteiger partial charge in [-0.2, -0.15) is 0 Å². The Hall–Kier alpha value is -1.02. The number of aryl methyl sites for hydroxylation is 1. The van der Waals surface area contributed by atoms with E-state index in [-0.39, 0.29) is 6.10 Å². The van der Waals surface area contributed by atoms with Gasteiger partial charge in [-0.1, -0.05) is 25.5 Å². The van der Waals surface area contributed by atoms with Crippen LogP contribution in [0.4, 0.5) is 0 Å². The Kier molecular flexibility index (Phi) is 5.33. The van der Waals surface area contributed by atoms with Gasteiger partial charge in [-0.05, 0) is 44.4 Å². The number of rotatable bonds is 6. The van der Waals surface area contributed by atoms with Crippen LogP contribution in [0.5, 0.6) is 5.75 Å². The van der Waals surface area contributed by atoms with E-state index < -0.39 is 6.10 Å². The number of unbranched alkanes of at least 4 members (excludes halogenated alkanes) is 1. The Morgan fingerprint density at radius 1 is 1.19 bits per heavy atom. The molecule has 2 heteroatoms. The minimum absolute atomic E-state index is 0.165. The molecule has 2 nitrogen and oxygen atoms in total. The second-order valence-corrected chi connectivity index (χ2v) is 4.31. The highest BCUT2D eigenvalue weighted by Crippen LogP contribution is 2.16. The monoisotopic (exact) mass is 222 g/mol. The van der Waals surface area contributed by atoms with Crippen LogP contribution in [0.25, 0.3) is 0 Å². The van der Waals surface area contributed by atoms with Gasteiger partial charge in [0.05, 0.1) is 6.10 Å². The molecule has 0 aliphatic heterocycles. The molecule has 1 unspecified atom stereocenters. The third kappa shape index (κ3) is 4.23. The number of hydrogen-bond donors (Lipinski definition) is 1. The molecule has 0 bridgehead atoms. The van der Waals surface area contributed by atoms with Gasteiger partial charge in [0.15, 0.2) is 0 Å². The van der Waals surface area contributed by atoms with Gasteiger partial charge in [0, 0.05) is 0 Å². The van der Waals surface area contributed by atoms with Crippen LogP contribution in [0.2, 0.25) is 0 Å². The van der Waals surface area contributed by atoms with Crippen molar-refractivity contribution in [3.63, 3.8) is 0 Å². The fraction of sp³-hybridized carbons (Fsp3) is 0.571. The molecular formula is C14H22O2. The second kappa shape index (κ2) is 6.54. The zero-order chi connectivity index (χ0) is 12.0. The van der Waals surface area contributed by atoms with Crippen molar-refractivity contribution in [2.45, 2.75) is 52.2 Å². The molecule has 0 aliphatic carbocycles. The minimum atomic E-state index is -0.445. The normalized spacial score (nSPS) is 14.5. The molecule has 0 aromatic heterocycles. The van der Waals surface area contributed by atoms with Crippen molar-refractivity contribution < 1.29 is 9.84 Å². The quantitative estimate of drug-likeness (QED) is 0.801. The molecule has 0 aliphatic rings. The van der Waals surface area contributed by atoms with Crippen molar-refractivity contribution in [1.29, 1.82) is 0 Å². The lowest BCUT2D eigenvalue weighted by atomic mass is 10.1. The Morgan fingerprint density at radius 3 is 2.31 bits per heavy atom. The van der Waals surface area contributed by atoms with Crippen LogP contribution in [0.1, 0.15) is 39.2 Å². The average Bonchev–Trinajstić information content (AvgIpc) is 2.28. The van der Waals surface area contributed by atoms with E-state index in [1.165, 1.54) is 18.4 Å². The topological polar surface area (TPSA) is 29.5 Å². The third-order valence-electron chi connectivity index (χ3n) is 2.74. The number of benzene rings is 1. The van der Waals surface area contributed by atoms with Crippen molar-refractivity contribution in [2.24, 2.45) is 0 Å². The van der Waals surface area contributed by atoms with Crippen molar-refractivity contribution in [2.75, 3.05) is 0 Å². The van der Waals surface area contributed by atoms with Crippen LogP contribution in [-0.4, -0.2) is 17.3 Å². The summed E-state index contributed by atoms with van der Waals surface area (Å²) in [5.41, 5.74) is 1.35. The van der Waals surface area contributed by atoms with Gasteiger partial charge < -0.3 is 9.84 Å². The predicted octanol–water partition coefficient (Wildman–Crippen LogP) is 3.18. The maximum absolute atomic E-state index is 9.33. The minimum Gasteiger partial charge on any atom is -0.488 e. The molecule has 90 valence electrons. The summed E-state index contributed by atoms with van der Waals surface area (Å²) in [6.45, 7) is 5.80. The van der Waals surface area contributed by atoms with Crippen LogP contribution < -0.4 is 4.74 Å². The van der Waals surface area contributed by atoms with Crippen LogP contribution in [0.3, 0.4) is 0 Å². The maximum Gasteiger partial charge on any atom is 0.121 e. The number of ether oxygens (including phenoxy) is 1. The van der Waals surface area contributed by atoms with E-state index in [9.17, 15) is 5.11 Å². The van der Waals surface area contributed by atoms with Crippen molar-refractivity contribution >= 4 is 0 Å². The number of aliphatic hydroxyl groups excluding tert-OH is 1. The summed E-state index contributed by atoms with van der Waals surface area (Å²) in [7, 11) is 0. The molecular weight excluding hydrogens is 200 g/mol. The molecule has 0 saturated heterocycles. The molecule has 0 amide bonds. The van der Waals surface area contributed by atoms with Crippen LogP contribution in [0.15, 0.2) is 24.3 Å². The van der Waals surface area contributed by atoms with Gasteiger partial charge >= 0.3 is 0 Å². The van der Waals surface area contributed by atoms with Gasteiger partial charge in [0.1, 0.15) is 11.9 Å². The number of aliphatic hydroxyl groups is 1. The van der Waals surface area contributed by atoms with E-state index in [2.05, 4.69) is 19.1 Å². The first kappa shape index (κ1) is 13.0. The van der Waals surface area contributed by atoms with Crippen LogP contribution in [0, 0.1) is 0 Å². The molecule has 1 aromatic rings. The largest absolute Gasteiger partial charge is 0.488 e. The third-order valence-corrected chi connectivity index (χ3v) is 2.74. The summed E-state index contributed by atoms with van der Waals surface area (Å²) >= 11 is 0. The maximum atomic E-state index is 9.33. The Morgan fingerprint density at radius 2 is 1.81 bits per heavy atom.